The summed E-state index contributed by atoms with van der Waals surface area (Å²) in [5.74, 6) is 0. The summed E-state index contributed by atoms with van der Waals surface area (Å²) in [6.45, 7) is 4.58. The normalized spacial score (nSPS) is 12.1. The molecule has 0 fully saturated rings. The van der Waals surface area contributed by atoms with Gasteiger partial charge in [-0.2, -0.15) is 0 Å². The van der Waals surface area contributed by atoms with Crippen LogP contribution in [0.1, 0.15) is 110 Å². The summed E-state index contributed by atoms with van der Waals surface area (Å²) in [4.78, 5) is 3.17. The van der Waals surface area contributed by atoms with E-state index in [4.69, 9.17) is 0 Å². The molecule has 1 aromatic heterocycles. The first-order chi connectivity index (χ1) is 10.9. The standard InChI is InChI=1S/C20H38N2.ClH/c1-3-5-6-7-8-9-10-11-12-13-14-16-20(15-4-2)22-18-17-21-19-22;/h17-20H,3-16H2,1-2H3;1H. The fourth-order valence-electron chi connectivity index (χ4n) is 3.35. The Hall–Kier alpha value is -0.500. The minimum Gasteiger partial charge on any atom is -1.00 e. The Morgan fingerprint density at radius 1 is 0.739 bits per heavy atom. The van der Waals surface area contributed by atoms with Gasteiger partial charge in [-0.25, -0.2) is 4.57 Å². The molecule has 0 spiro atoms. The van der Waals surface area contributed by atoms with Gasteiger partial charge in [-0.05, 0) is 19.3 Å². The maximum atomic E-state index is 3.17. The Bertz CT molecular complexity index is 324. The highest BCUT2D eigenvalue weighted by molar-refractivity contribution is 4.61. The average molecular weight is 343 g/mol. The summed E-state index contributed by atoms with van der Waals surface area (Å²) in [6.07, 6.45) is 26.0. The van der Waals surface area contributed by atoms with Crippen LogP contribution in [0.2, 0.25) is 0 Å². The van der Waals surface area contributed by atoms with Gasteiger partial charge in [0.2, 0.25) is 6.33 Å². The predicted molar refractivity (Wildman–Crippen MR) is 96.0 cm³/mol. The zero-order valence-electron chi connectivity index (χ0n) is 15.5. The van der Waals surface area contributed by atoms with Crippen molar-refractivity contribution in [2.75, 3.05) is 0 Å². The summed E-state index contributed by atoms with van der Waals surface area (Å²) < 4.78 is 2.36. The van der Waals surface area contributed by atoms with E-state index in [0.717, 1.165) is 0 Å². The number of halogens is 1. The molecule has 0 radical (unpaired) electrons. The van der Waals surface area contributed by atoms with Crippen molar-refractivity contribution in [3.8, 4) is 0 Å². The van der Waals surface area contributed by atoms with Crippen LogP contribution in [0.15, 0.2) is 18.7 Å². The van der Waals surface area contributed by atoms with Crippen molar-refractivity contribution in [2.45, 2.75) is 110 Å². The largest absolute Gasteiger partial charge is 1.00 e. The zero-order chi connectivity index (χ0) is 15.9. The van der Waals surface area contributed by atoms with Crippen molar-refractivity contribution in [1.29, 1.82) is 0 Å². The first kappa shape index (κ1) is 22.5. The number of nitrogens with zero attached hydrogens (tertiary/aromatic N) is 1. The fourth-order valence-corrected chi connectivity index (χ4v) is 3.35. The van der Waals surface area contributed by atoms with E-state index in [1.807, 2.05) is 6.20 Å². The lowest BCUT2D eigenvalue weighted by Gasteiger charge is -2.12. The quantitative estimate of drug-likeness (QED) is 0.372. The van der Waals surface area contributed by atoms with Gasteiger partial charge in [0.25, 0.3) is 0 Å². The van der Waals surface area contributed by atoms with Gasteiger partial charge in [0.15, 0.2) is 0 Å². The molecular formula is C20H39ClN2. The Morgan fingerprint density at radius 2 is 1.30 bits per heavy atom. The molecule has 0 saturated heterocycles. The van der Waals surface area contributed by atoms with E-state index in [1.165, 1.54) is 89.9 Å². The minimum absolute atomic E-state index is 0. The number of unbranched alkanes of at least 4 members (excludes halogenated alkanes) is 10. The Labute approximate surface area is 150 Å². The predicted octanol–water partition coefficient (Wildman–Crippen LogP) is 3.35. The van der Waals surface area contributed by atoms with Crippen molar-refractivity contribution in [3.05, 3.63) is 18.7 Å². The monoisotopic (exact) mass is 342 g/mol. The van der Waals surface area contributed by atoms with Crippen LogP contribution in [0.5, 0.6) is 0 Å². The highest BCUT2D eigenvalue weighted by atomic mass is 35.5. The molecule has 23 heavy (non-hydrogen) atoms. The second-order valence-electron chi connectivity index (χ2n) is 6.83. The van der Waals surface area contributed by atoms with Crippen LogP contribution in [0.3, 0.4) is 0 Å². The molecule has 1 N–H and O–H groups in total. The van der Waals surface area contributed by atoms with Gasteiger partial charge in [0, 0.05) is 0 Å². The van der Waals surface area contributed by atoms with Gasteiger partial charge in [-0.15, -0.1) is 0 Å². The summed E-state index contributed by atoms with van der Waals surface area (Å²) in [5, 5.41) is 0. The molecule has 2 nitrogen and oxygen atoms in total. The number of rotatable bonds is 15. The minimum atomic E-state index is 0. The van der Waals surface area contributed by atoms with E-state index in [0.29, 0.717) is 6.04 Å². The number of aromatic nitrogens is 2. The molecule has 136 valence electrons. The van der Waals surface area contributed by atoms with Gasteiger partial charge in [-0.3, -0.25) is 4.98 Å². The topological polar surface area (TPSA) is 19.7 Å². The molecular weight excluding hydrogens is 304 g/mol. The molecule has 1 heterocycles. The van der Waals surface area contributed by atoms with E-state index in [9.17, 15) is 0 Å². The van der Waals surface area contributed by atoms with Crippen LogP contribution < -0.4 is 17.0 Å². The van der Waals surface area contributed by atoms with E-state index < -0.39 is 0 Å². The molecule has 0 aromatic carbocycles. The number of hydrogen-bond acceptors (Lipinski definition) is 0. The van der Waals surface area contributed by atoms with Gasteiger partial charge in [0.1, 0.15) is 18.4 Å². The van der Waals surface area contributed by atoms with E-state index in [-0.39, 0.29) is 12.4 Å². The molecule has 0 aliphatic heterocycles. The molecule has 1 rings (SSSR count). The Kier molecular flexibility index (Phi) is 16.0. The first-order valence-electron chi connectivity index (χ1n) is 9.92. The number of H-pyrrole nitrogens is 1. The van der Waals surface area contributed by atoms with Crippen molar-refractivity contribution >= 4 is 0 Å². The molecule has 1 aromatic rings. The highest BCUT2D eigenvalue weighted by Gasteiger charge is 2.13. The van der Waals surface area contributed by atoms with Gasteiger partial charge < -0.3 is 12.4 Å². The highest BCUT2D eigenvalue weighted by Crippen LogP contribution is 2.17. The van der Waals surface area contributed by atoms with E-state index in [2.05, 4.69) is 35.9 Å². The average Bonchev–Trinajstić information content (AvgIpc) is 3.06. The third kappa shape index (κ3) is 11.6. The molecule has 0 saturated carbocycles. The molecule has 0 amide bonds. The molecule has 3 heteroatoms. The third-order valence-electron chi connectivity index (χ3n) is 4.75. The van der Waals surface area contributed by atoms with Gasteiger partial charge in [-0.1, -0.05) is 84.5 Å². The zero-order valence-corrected chi connectivity index (χ0v) is 16.3. The summed E-state index contributed by atoms with van der Waals surface area (Å²) in [6, 6.07) is 0.704. The molecule has 0 aliphatic rings. The molecule has 0 aliphatic carbocycles. The summed E-state index contributed by atoms with van der Waals surface area (Å²) >= 11 is 0. The van der Waals surface area contributed by atoms with Crippen LogP contribution in [-0.4, -0.2) is 4.98 Å². The number of hydrogen-bond donors (Lipinski definition) is 1. The van der Waals surface area contributed by atoms with Crippen LogP contribution in [0, 0.1) is 0 Å². The maximum absolute atomic E-state index is 3.17. The van der Waals surface area contributed by atoms with Crippen molar-refractivity contribution in [3.63, 3.8) is 0 Å². The van der Waals surface area contributed by atoms with Crippen molar-refractivity contribution in [1.82, 2.24) is 4.98 Å². The SMILES string of the molecule is CCCCCCCCCCCCCC(CCC)[n+]1cc[nH]c1.[Cl-]. The summed E-state index contributed by atoms with van der Waals surface area (Å²) in [5.41, 5.74) is 0. The van der Waals surface area contributed by atoms with Gasteiger partial charge in [0.05, 0.1) is 0 Å². The smallest absolute Gasteiger partial charge is 0.241 e. The Morgan fingerprint density at radius 3 is 1.78 bits per heavy atom. The number of imidazole rings is 1. The van der Waals surface area contributed by atoms with Crippen LogP contribution in [0.4, 0.5) is 0 Å². The van der Waals surface area contributed by atoms with Crippen molar-refractivity contribution in [2.24, 2.45) is 0 Å². The second kappa shape index (κ2) is 16.4. The third-order valence-corrected chi connectivity index (χ3v) is 4.75. The van der Waals surface area contributed by atoms with E-state index in [1.54, 1.807) is 0 Å². The van der Waals surface area contributed by atoms with Crippen molar-refractivity contribution < 1.29 is 17.0 Å². The lowest BCUT2D eigenvalue weighted by atomic mass is 10.0. The molecule has 1 atom stereocenters. The van der Waals surface area contributed by atoms with Gasteiger partial charge >= 0.3 is 0 Å². The maximum Gasteiger partial charge on any atom is 0.241 e. The van der Waals surface area contributed by atoms with Crippen LogP contribution in [-0.2, 0) is 0 Å². The summed E-state index contributed by atoms with van der Waals surface area (Å²) in [7, 11) is 0. The number of aromatic amines is 1. The van der Waals surface area contributed by atoms with Crippen LogP contribution in [0.25, 0.3) is 0 Å². The Balaban J connectivity index is 0.00000484. The fraction of sp³-hybridized carbons (Fsp3) is 0.850. The molecule has 0 bridgehead atoms. The first-order valence-corrected chi connectivity index (χ1v) is 9.92. The second-order valence-corrected chi connectivity index (χ2v) is 6.83. The lowest BCUT2D eigenvalue weighted by molar-refractivity contribution is -0.723. The lowest BCUT2D eigenvalue weighted by Crippen LogP contribution is -3.00. The number of nitrogens with one attached hydrogen (secondary N) is 1. The van der Waals surface area contributed by atoms with Crippen LogP contribution >= 0.6 is 0 Å². The van der Waals surface area contributed by atoms with E-state index >= 15 is 0 Å². The molecule has 1 unspecified atom stereocenters.